The normalized spacial score (nSPS) is 13.1. The van der Waals surface area contributed by atoms with E-state index in [1.807, 2.05) is 22.9 Å². The van der Waals surface area contributed by atoms with Gasteiger partial charge in [0.15, 0.2) is 0 Å². The highest BCUT2D eigenvalue weighted by Crippen LogP contribution is 2.42. The van der Waals surface area contributed by atoms with Crippen molar-refractivity contribution in [1.82, 2.24) is 14.8 Å². The van der Waals surface area contributed by atoms with Crippen LogP contribution in [0.5, 0.6) is 0 Å². The van der Waals surface area contributed by atoms with Crippen LogP contribution < -0.4 is 5.32 Å². The van der Waals surface area contributed by atoms with Gasteiger partial charge in [-0.3, -0.25) is 14.5 Å². The summed E-state index contributed by atoms with van der Waals surface area (Å²) in [5.41, 5.74) is 3.45. The van der Waals surface area contributed by atoms with E-state index in [1.54, 1.807) is 42.4 Å². The van der Waals surface area contributed by atoms with Crippen LogP contribution in [0.15, 0.2) is 78.1 Å². The number of thioether (sulfide) groups is 1. The molecule has 2 aromatic carbocycles. The quantitative estimate of drug-likeness (QED) is 0.401. The Kier molecular flexibility index (Phi) is 5.41. The van der Waals surface area contributed by atoms with Gasteiger partial charge in [-0.2, -0.15) is 18.3 Å². The zero-order valence-electron chi connectivity index (χ0n) is 17.1. The van der Waals surface area contributed by atoms with Gasteiger partial charge in [0.25, 0.3) is 5.91 Å². The summed E-state index contributed by atoms with van der Waals surface area (Å²) in [6.45, 7) is 0.812. The highest BCUT2D eigenvalue weighted by Gasteiger charge is 2.30. The first-order chi connectivity index (χ1) is 15.9. The molecule has 2 aromatic heterocycles. The molecule has 166 valence electrons. The Hall–Kier alpha value is -3.59. The number of benzene rings is 2. The van der Waals surface area contributed by atoms with Crippen molar-refractivity contribution in [1.29, 1.82) is 0 Å². The maximum atomic E-state index is 12.8. The van der Waals surface area contributed by atoms with Gasteiger partial charge in [-0.25, -0.2) is 0 Å². The van der Waals surface area contributed by atoms with Gasteiger partial charge >= 0.3 is 6.18 Å². The van der Waals surface area contributed by atoms with Crippen LogP contribution in [0.2, 0.25) is 0 Å². The number of carbonyl (C=O) groups excluding carboxylic acids is 1. The predicted octanol–water partition coefficient (Wildman–Crippen LogP) is 5.99. The molecule has 1 N–H and O–H groups in total. The molecule has 5 nitrogen and oxygen atoms in total. The highest BCUT2D eigenvalue weighted by molar-refractivity contribution is 7.99. The van der Waals surface area contributed by atoms with Crippen LogP contribution >= 0.6 is 11.8 Å². The molecular weight excluding hydrogens is 449 g/mol. The van der Waals surface area contributed by atoms with Crippen LogP contribution in [0.25, 0.3) is 22.4 Å². The van der Waals surface area contributed by atoms with Crippen molar-refractivity contribution >= 4 is 23.4 Å². The van der Waals surface area contributed by atoms with E-state index in [9.17, 15) is 18.0 Å². The van der Waals surface area contributed by atoms with Gasteiger partial charge in [0.2, 0.25) is 0 Å². The Morgan fingerprint density at radius 2 is 1.76 bits per heavy atom. The highest BCUT2D eigenvalue weighted by atomic mass is 32.2. The minimum Gasteiger partial charge on any atom is -0.322 e. The van der Waals surface area contributed by atoms with Gasteiger partial charge in [0.1, 0.15) is 10.7 Å². The van der Waals surface area contributed by atoms with Crippen LogP contribution in [0.3, 0.4) is 0 Å². The summed E-state index contributed by atoms with van der Waals surface area (Å²) in [7, 11) is 0. The van der Waals surface area contributed by atoms with E-state index in [-0.39, 0.29) is 5.69 Å². The van der Waals surface area contributed by atoms with E-state index in [0.717, 1.165) is 51.8 Å². The number of fused-ring (bicyclic) bond motifs is 1. The van der Waals surface area contributed by atoms with E-state index in [4.69, 9.17) is 5.10 Å². The van der Waals surface area contributed by atoms with E-state index in [1.165, 1.54) is 12.1 Å². The van der Waals surface area contributed by atoms with Crippen molar-refractivity contribution in [2.75, 3.05) is 11.1 Å². The second kappa shape index (κ2) is 8.40. The van der Waals surface area contributed by atoms with Crippen LogP contribution in [-0.4, -0.2) is 26.4 Å². The van der Waals surface area contributed by atoms with Crippen LogP contribution in [-0.2, 0) is 12.7 Å². The predicted molar refractivity (Wildman–Crippen MR) is 121 cm³/mol. The van der Waals surface area contributed by atoms with Crippen molar-refractivity contribution in [3.63, 3.8) is 0 Å². The first kappa shape index (κ1) is 21.3. The SMILES string of the molecule is O=C(Nc1ccc(C(F)(F)F)cc1)c1cccc(-c2nn3c(c2-c2ccncc2)SCC3)c1. The number of alkyl halides is 3. The van der Waals surface area contributed by atoms with Gasteiger partial charge in [-0.05, 0) is 54.1 Å². The maximum absolute atomic E-state index is 12.8. The molecule has 0 saturated carbocycles. The van der Waals surface area contributed by atoms with Crippen molar-refractivity contribution in [2.24, 2.45) is 0 Å². The van der Waals surface area contributed by atoms with Crippen molar-refractivity contribution < 1.29 is 18.0 Å². The molecule has 0 atom stereocenters. The number of aryl methyl sites for hydroxylation is 1. The number of aromatic nitrogens is 3. The van der Waals surface area contributed by atoms with Gasteiger partial charge in [0, 0.05) is 40.5 Å². The Morgan fingerprint density at radius 1 is 1.00 bits per heavy atom. The zero-order valence-corrected chi connectivity index (χ0v) is 18.0. The fourth-order valence-corrected chi connectivity index (χ4v) is 4.81. The molecule has 4 aromatic rings. The number of amides is 1. The Labute approximate surface area is 191 Å². The summed E-state index contributed by atoms with van der Waals surface area (Å²) in [6.07, 6.45) is -0.958. The summed E-state index contributed by atoms with van der Waals surface area (Å²) in [4.78, 5) is 16.9. The molecule has 0 bridgehead atoms. The zero-order chi connectivity index (χ0) is 23.0. The number of carbonyl (C=O) groups is 1. The first-order valence-corrected chi connectivity index (χ1v) is 11.1. The standard InChI is InChI=1S/C24H17F3N4OS/c25-24(26,27)18-4-6-19(7-5-18)29-22(32)17-3-1-2-16(14-17)21-20(15-8-10-28-11-9-15)23-31(30-21)12-13-33-23/h1-11,14H,12-13H2,(H,29,32). The van der Waals surface area contributed by atoms with Gasteiger partial charge in [-0.15, -0.1) is 11.8 Å². The van der Waals surface area contributed by atoms with Crippen LogP contribution in [0.4, 0.5) is 18.9 Å². The molecular formula is C24H17F3N4OS. The first-order valence-electron chi connectivity index (χ1n) is 10.1. The topological polar surface area (TPSA) is 59.8 Å². The number of nitrogens with one attached hydrogen (secondary N) is 1. The lowest BCUT2D eigenvalue weighted by Crippen LogP contribution is -2.12. The Morgan fingerprint density at radius 3 is 2.48 bits per heavy atom. The number of hydrogen-bond acceptors (Lipinski definition) is 4. The molecule has 0 aliphatic carbocycles. The second-order valence-electron chi connectivity index (χ2n) is 7.45. The molecule has 5 rings (SSSR count). The molecule has 9 heteroatoms. The summed E-state index contributed by atoms with van der Waals surface area (Å²) in [6, 6.07) is 15.3. The number of halogens is 3. The number of anilines is 1. The molecule has 0 radical (unpaired) electrons. The molecule has 1 amide bonds. The van der Waals surface area contributed by atoms with Crippen LogP contribution in [0, 0.1) is 0 Å². The average Bonchev–Trinajstić information content (AvgIpc) is 3.41. The molecule has 1 aliphatic rings. The second-order valence-corrected chi connectivity index (χ2v) is 8.53. The van der Waals surface area contributed by atoms with Gasteiger partial charge in [0.05, 0.1) is 12.1 Å². The molecule has 0 saturated heterocycles. The number of hydrogen-bond donors (Lipinski definition) is 1. The molecule has 1 aliphatic heterocycles. The Bertz CT molecular complexity index is 1320. The fourth-order valence-electron chi connectivity index (χ4n) is 3.71. The lowest BCUT2D eigenvalue weighted by Gasteiger charge is -2.10. The molecule has 0 unspecified atom stereocenters. The molecule has 33 heavy (non-hydrogen) atoms. The Balaban J connectivity index is 1.45. The number of pyridine rings is 1. The monoisotopic (exact) mass is 466 g/mol. The third-order valence-electron chi connectivity index (χ3n) is 5.28. The fraction of sp³-hybridized carbons (Fsp3) is 0.125. The minimum absolute atomic E-state index is 0.285. The summed E-state index contributed by atoms with van der Waals surface area (Å²) >= 11 is 1.74. The van der Waals surface area contributed by atoms with E-state index in [2.05, 4.69) is 10.3 Å². The van der Waals surface area contributed by atoms with E-state index < -0.39 is 17.6 Å². The number of nitrogens with zero attached hydrogens (tertiary/aromatic N) is 3. The lowest BCUT2D eigenvalue weighted by atomic mass is 10.0. The largest absolute Gasteiger partial charge is 0.416 e. The third-order valence-corrected chi connectivity index (χ3v) is 6.36. The number of rotatable bonds is 4. The lowest BCUT2D eigenvalue weighted by molar-refractivity contribution is -0.137. The smallest absolute Gasteiger partial charge is 0.322 e. The molecule has 3 heterocycles. The van der Waals surface area contributed by atoms with E-state index in [0.29, 0.717) is 5.56 Å². The van der Waals surface area contributed by atoms with Crippen LogP contribution in [0.1, 0.15) is 15.9 Å². The average molecular weight is 466 g/mol. The summed E-state index contributed by atoms with van der Waals surface area (Å²) in [5, 5.41) is 8.53. The summed E-state index contributed by atoms with van der Waals surface area (Å²) < 4.78 is 40.3. The maximum Gasteiger partial charge on any atom is 0.416 e. The van der Waals surface area contributed by atoms with Crippen molar-refractivity contribution in [3.8, 4) is 22.4 Å². The molecule has 0 spiro atoms. The van der Waals surface area contributed by atoms with Gasteiger partial charge < -0.3 is 5.32 Å². The van der Waals surface area contributed by atoms with Crippen molar-refractivity contribution in [3.05, 3.63) is 84.2 Å². The third kappa shape index (κ3) is 4.23. The molecule has 0 fully saturated rings. The van der Waals surface area contributed by atoms with Gasteiger partial charge in [-0.1, -0.05) is 12.1 Å². The minimum atomic E-state index is -4.42. The van der Waals surface area contributed by atoms with Crippen molar-refractivity contribution in [2.45, 2.75) is 17.7 Å². The summed E-state index contributed by atoms with van der Waals surface area (Å²) in [5.74, 6) is 0.541. The van der Waals surface area contributed by atoms with E-state index >= 15 is 0 Å².